The molecule has 1 saturated carbocycles. The summed E-state index contributed by atoms with van der Waals surface area (Å²) >= 11 is 0. The first-order valence-electron chi connectivity index (χ1n) is 2.83. The largest absolute Gasteiger partial charge is 0.399 e. The molecule has 5 heteroatoms. The molecule has 1 aliphatic rings. The molecule has 0 atom stereocenters. The topological polar surface area (TPSA) is 40.5 Å². The SMILES string of the molecule is OC(O)C1(C(F)(F)F)CC1. The molecule has 0 spiro atoms. The summed E-state index contributed by atoms with van der Waals surface area (Å²) in [5.74, 6) is 0. The Morgan fingerprint density at radius 1 is 1.20 bits per heavy atom. The van der Waals surface area contributed by atoms with E-state index < -0.39 is 17.9 Å². The van der Waals surface area contributed by atoms with Crippen molar-refractivity contribution >= 4 is 0 Å². The highest BCUT2D eigenvalue weighted by molar-refractivity contribution is 5.00. The molecule has 2 N–H and O–H groups in total. The van der Waals surface area contributed by atoms with Crippen molar-refractivity contribution in [3.05, 3.63) is 0 Å². The van der Waals surface area contributed by atoms with Crippen molar-refractivity contribution in [1.29, 1.82) is 0 Å². The van der Waals surface area contributed by atoms with Gasteiger partial charge in [0.1, 0.15) is 5.41 Å². The van der Waals surface area contributed by atoms with Crippen molar-refractivity contribution in [2.24, 2.45) is 5.41 Å². The van der Waals surface area contributed by atoms with Crippen LogP contribution in [-0.2, 0) is 0 Å². The molecule has 0 heterocycles. The molecule has 0 aromatic rings. The van der Waals surface area contributed by atoms with Gasteiger partial charge in [-0.2, -0.15) is 13.2 Å². The van der Waals surface area contributed by atoms with E-state index in [0.29, 0.717) is 0 Å². The van der Waals surface area contributed by atoms with Crippen LogP contribution in [-0.4, -0.2) is 22.7 Å². The van der Waals surface area contributed by atoms with Crippen LogP contribution in [0, 0.1) is 5.41 Å². The van der Waals surface area contributed by atoms with Gasteiger partial charge in [0.2, 0.25) is 0 Å². The number of hydrogen-bond donors (Lipinski definition) is 2. The summed E-state index contributed by atoms with van der Waals surface area (Å²) in [4.78, 5) is 0. The molecule has 0 aromatic heterocycles. The van der Waals surface area contributed by atoms with Crippen LogP contribution in [0.25, 0.3) is 0 Å². The highest BCUT2D eigenvalue weighted by atomic mass is 19.4. The van der Waals surface area contributed by atoms with Crippen LogP contribution < -0.4 is 0 Å². The summed E-state index contributed by atoms with van der Waals surface area (Å²) in [5, 5.41) is 16.6. The third-order valence-corrected chi connectivity index (χ3v) is 1.85. The second kappa shape index (κ2) is 1.85. The number of aliphatic hydroxyl groups is 2. The molecular weight excluding hydrogens is 149 g/mol. The lowest BCUT2D eigenvalue weighted by atomic mass is 10.1. The van der Waals surface area contributed by atoms with Gasteiger partial charge in [0.05, 0.1) is 0 Å². The highest BCUT2D eigenvalue weighted by Crippen LogP contribution is 2.59. The molecule has 0 bridgehead atoms. The van der Waals surface area contributed by atoms with Crippen LogP contribution in [0.3, 0.4) is 0 Å². The van der Waals surface area contributed by atoms with Gasteiger partial charge in [-0.15, -0.1) is 0 Å². The number of hydrogen-bond acceptors (Lipinski definition) is 2. The Morgan fingerprint density at radius 2 is 1.60 bits per heavy atom. The van der Waals surface area contributed by atoms with Gasteiger partial charge < -0.3 is 10.2 Å². The monoisotopic (exact) mass is 156 g/mol. The maximum atomic E-state index is 11.8. The fraction of sp³-hybridized carbons (Fsp3) is 1.00. The molecule has 0 aliphatic heterocycles. The third kappa shape index (κ3) is 0.894. The average molecular weight is 156 g/mol. The lowest BCUT2D eigenvalue weighted by Gasteiger charge is -2.20. The van der Waals surface area contributed by atoms with Crippen LogP contribution in [0.1, 0.15) is 12.8 Å². The van der Waals surface area contributed by atoms with Crippen molar-refractivity contribution in [3.63, 3.8) is 0 Å². The van der Waals surface area contributed by atoms with Gasteiger partial charge in [-0.1, -0.05) is 0 Å². The smallest absolute Gasteiger partial charge is 0.367 e. The van der Waals surface area contributed by atoms with E-state index in [1.54, 1.807) is 0 Å². The zero-order chi connectivity index (χ0) is 7.99. The molecule has 0 aromatic carbocycles. The second-order valence-electron chi connectivity index (χ2n) is 2.53. The van der Waals surface area contributed by atoms with Crippen molar-refractivity contribution < 1.29 is 23.4 Å². The maximum absolute atomic E-state index is 11.8. The maximum Gasteiger partial charge on any atom is 0.399 e. The van der Waals surface area contributed by atoms with Crippen LogP contribution >= 0.6 is 0 Å². The lowest BCUT2D eigenvalue weighted by Crippen LogP contribution is -2.35. The Balaban J connectivity index is 2.70. The Kier molecular flexibility index (Phi) is 1.45. The average Bonchev–Trinajstić information content (AvgIpc) is 2.36. The molecule has 0 unspecified atom stereocenters. The first-order chi connectivity index (χ1) is 4.40. The van der Waals surface area contributed by atoms with Crippen molar-refractivity contribution in [2.75, 3.05) is 0 Å². The minimum absolute atomic E-state index is 0.172. The van der Waals surface area contributed by atoms with E-state index in [-0.39, 0.29) is 12.8 Å². The number of halogens is 3. The van der Waals surface area contributed by atoms with Crippen molar-refractivity contribution in [3.8, 4) is 0 Å². The predicted molar refractivity (Wildman–Crippen MR) is 25.9 cm³/mol. The quantitative estimate of drug-likeness (QED) is 0.547. The summed E-state index contributed by atoms with van der Waals surface area (Å²) in [6, 6.07) is 0. The first kappa shape index (κ1) is 7.81. The lowest BCUT2D eigenvalue weighted by molar-refractivity contribution is -0.253. The van der Waals surface area contributed by atoms with E-state index in [2.05, 4.69) is 0 Å². The number of alkyl halides is 3. The molecule has 0 amide bonds. The van der Waals surface area contributed by atoms with Crippen LogP contribution in [0.15, 0.2) is 0 Å². The van der Waals surface area contributed by atoms with E-state index in [1.807, 2.05) is 0 Å². The minimum atomic E-state index is -4.47. The zero-order valence-electron chi connectivity index (χ0n) is 5.02. The van der Waals surface area contributed by atoms with E-state index in [9.17, 15) is 13.2 Å². The fourth-order valence-electron chi connectivity index (χ4n) is 0.823. The Morgan fingerprint density at radius 3 is 1.60 bits per heavy atom. The van der Waals surface area contributed by atoms with E-state index in [1.165, 1.54) is 0 Å². The second-order valence-corrected chi connectivity index (χ2v) is 2.53. The van der Waals surface area contributed by atoms with Gasteiger partial charge in [-0.25, -0.2) is 0 Å². The first-order valence-corrected chi connectivity index (χ1v) is 2.83. The van der Waals surface area contributed by atoms with Crippen molar-refractivity contribution in [1.82, 2.24) is 0 Å². The fourth-order valence-corrected chi connectivity index (χ4v) is 0.823. The van der Waals surface area contributed by atoms with Gasteiger partial charge in [0, 0.05) is 0 Å². The molecule has 1 rings (SSSR count). The Hall–Kier alpha value is -0.290. The van der Waals surface area contributed by atoms with Gasteiger partial charge in [-0.3, -0.25) is 0 Å². The molecule has 60 valence electrons. The van der Waals surface area contributed by atoms with Gasteiger partial charge in [-0.05, 0) is 12.8 Å². The van der Waals surface area contributed by atoms with Crippen LogP contribution in [0.5, 0.6) is 0 Å². The molecule has 2 nitrogen and oxygen atoms in total. The Labute approximate surface area is 55.3 Å². The van der Waals surface area contributed by atoms with Gasteiger partial charge in [0.15, 0.2) is 6.29 Å². The summed E-state index contributed by atoms with van der Waals surface area (Å²) in [7, 11) is 0. The predicted octanol–water partition coefficient (Wildman–Crippen LogP) is 0.640. The summed E-state index contributed by atoms with van der Waals surface area (Å²) in [5.41, 5.74) is -2.20. The summed E-state index contributed by atoms with van der Waals surface area (Å²) in [6.07, 6.45) is -7.07. The van der Waals surface area contributed by atoms with E-state index in [4.69, 9.17) is 10.2 Å². The normalized spacial score (nSPS) is 23.4. The zero-order valence-corrected chi connectivity index (χ0v) is 5.02. The summed E-state index contributed by atoms with van der Waals surface area (Å²) in [6.45, 7) is 0. The number of aliphatic hydroxyl groups excluding tert-OH is 1. The third-order valence-electron chi connectivity index (χ3n) is 1.85. The van der Waals surface area contributed by atoms with Crippen LogP contribution in [0.2, 0.25) is 0 Å². The highest BCUT2D eigenvalue weighted by Gasteiger charge is 2.67. The van der Waals surface area contributed by atoms with Crippen LogP contribution in [0.4, 0.5) is 13.2 Å². The molecule has 1 fully saturated rings. The van der Waals surface area contributed by atoms with Gasteiger partial charge in [0.25, 0.3) is 0 Å². The van der Waals surface area contributed by atoms with E-state index in [0.717, 1.165) is 0 Å². The van der Waals surface area contributed by atoms with Crippen molar-refractivity contribution in [2.45, 2.75) is 25.3 Å². The molecule has 0 saturated heterocycles. The Bertz CT molecular complexity index is 136. The molecule has 10 heavy (non-hydrogen) atoms. The standard InChI is InChI=1S/C5H7F3O2/c6-5(7,8)4(1-2-4)3(9)10/h3,9-10H,1-2H2. The minimum Gasteiger partial charge on any atom is -0.367 e. The summed E-state index contributed by atoms with van der Waals surface area (Å²) < 4.78 is 35.5. The number of rotatable bonds is 1. The molecule has 1 aliphatic carbocycles. The molecular formula is C5H7F3O2. The molecule has 0 radical (unpaired) electrons. The van der Waals surface area contributed by atoms with Gasteiger partial charge >= 0.3 is 6.18 Å². The van der Waals surface area contributed by atoms with E-state index >= 15 is 0 Å².